The second kappa shape index (κ2) is 5.10. The monoisotopic (exact) mass is 313 g/mol. The van der Waals surface area contributed by atoms with Crippen molar-refractivity contribution in [2.24, 2.45) is 5.41 Å². The minimum absolute atomic E-state index is 0.253. The lowest BCUT2D eigenvalue weighted by Crippen LogP contribution is -2.37. The molecule has 0 saturated heterocycles. The average Bonchev–Trinajstić information content (AvgIpc) is 2.70. The van der Waals surface area contributed by atoms with Gasteiger partial charge in [-0.15, -0.1) is 0 Å². The first-order chi connectivity index (χ1) is 8.38. The van der Waals surface area contributed by atoms with Crippen molar-refractivity contribution < 1.29 is 9.47 Å². The summed E-state index contributed by atoms with van der Waals surface area (Å²) in [6.45, 7) is 10.0. The fourth-order valence-electron chi connectivity index (χ4n) is 1.66. The third-order valence-electron chi connectivity index (χ3n) is 3.44. The summed E-state index contributed by atoms with van der Waals surface area (Å²) in [4.78, 5) is 0. The van der Waals surface area contributed by atoms with E-state index in [9.17, 15) is 0 Å². The van der Waals surface area contributed by atoms with Gasteiger partial charge in [-0.25, -0.2) is 0 Å². The highest BCUT2D eigenvalue weighted by molar-refractivity contribution is 9.10. The average molecular weight is 314 g/mol. The van der Waals surface area contributed by atoms with Gasteiger partial charge in [-0.2, -0.15) is 0 Å². The van der Waals surface area contributed by atoms with Crippen molar-refractivity contribution in [1.29, 1.82) is 0 Å². The summed E-state index contributed by atoms with van der Waals surface area (Å²) in [5.74, 6) is 1.65. The lowest BCUT2D eigenvalue weighted by atomic mass is 9.88. The van der Waals surface area contributed by atoms with Gasteiger partial charge >= 0.3 is 0 Å². The molecule has 1 aromatic rings. The van der Waals surface area contributed by atoms with Crippen LogP contribution in [-0.2, 0) is 6.54 Å². The van der Waals surface area contributed by atoms with E-state index in [1.807, 2.05) is 12.1 Å². The minimum atomic E-state index is 0.253. The van der Waals surface area contributed by atoms with Gasteiger partial charge in [0.25, 0.3) is 0 Å². The number of rotatable bonds is 3. The Labute approximate surface area is 117 Å². The lowest BCUT2D eigenvalue weighted by molar-refractivity contribution is 0.174. The SMILES string of the molecule is CC(NCc1cc2c(cc1Br)OCO2)C(C)(C)C. The molecule has 1 aliphatic rings. The van der Waals surface area contributed by atoms with Crippen LogP contribution >= 0.6 is 15.9 Å². The van der Waals surface area contributed by atoms with Crippen LogP contribution in [0.15, 0.2) is 16.6 Å². The van der Waals surface area contributed by atoms with Gasteiger partial charge in [-0.3, -0.25) is 0 Å². The van der Waals surface area contributed by atoms with E-state index >= 15 is 0 Å². The predicted molar refractivity (Wildman–Crippen MR) is 76.0 cm³/mol. The molecule has 0 fully saturated rings. The maximum Gasteiger partial charge on any atom is 0.231 e. The van der Waals surface area contributed by atoms with Gasteiger partial charge in [0.15, 0.2) is 11.5 Å². The fraction of sp³-hybridized carbons (Fsp3) is 0.571. The third-order valence-corrected chi connectivity index (χ3v) is 4.18. The largest absolute Gasteiger partial charge is 0.454 e. The van der Waals surface area contributed by atoms with Gasteiger partial charge < -0.3 is 14.8 Å². The Hall–Kier alpha value is -0.740. The van der Waals surface area contributed by atoms with E-state index in [1.165, 1.54) is 5.56 Å². The Bertz CT molecular complexity index is 440. The standard InChI is InChI=1S/C14H20BrNO2/c1-9(14(2,3)4)16-7-10-5-12-13(6-11(10)15)18-8-17-12/h5-6,9,16H,7-8H2,1-4H3. The first kappa shape index (κ1) is 13.7. The number of ether oxygens (including phenoxy) is 2. The fourth-order valence-corrected chi connectivity index (χ4v) is 2.13. The summed E-state index contributed by atoms with van der Waals surface area (Å²) >= 11 is 3.57. The number of hydrogen-bond donors (Lipinski definition) is 1. The first-order valence-electron chi connectivity index (χ1n) is 6.19. The van der Waals surface area contributed by atoms with Crippen molar-refractivity contribution in [1.82, 2.24) is 5.32 Å². The summed E-state index contributed by atoms with van der Waals surface area (Å²) in [5.41, 5.74) is 1.44. The molecule has 18 heavy (non-hydrogen) atoms. The normalized spacial score (nSPS) is 15.8. The van der Waals surface area contributed by atoms with Crippen LogP contribution in [0.5, 0.6) is 11.5 Å². The molecule has 1 atom stereocenters. The van der Waals surface area contributed by atoms with Crippen molar-refractivity contribution in [3.8, 4) is 11.5 Å². The van der Waals surface area contributed by atoms with E-state index in [2.05, 4.69) is 48.9 Å². The van der Waals surface area contributed by atoms with Gasteiger partial charge in [0.2, 0.25) is 6.79 Å². The molecular weight excluding hydrogens is 294 g/mol. The summed E-state index contributed by atoms with van der Waals surface area (Å²) in [7, 11) is 0. The van der Waals surface area contributed by atoms with Crippen LogP contribution in [-0.4, -0.2) is 12.8 Å². The maximum absolute atomic E-state index is 5.40. The van der Waals surface area contributed by atoms with E-state index in [4.69, 9.17) is 9.47 Å². The van der Waals surface area contributed by atoms with E-state index in [0.717, 1.165) is 22.5 Å². The summed E-state index contributed by atoms with van der Waals surface area (Å²) < 4.78 is 11.8. The van der Waals surface area contributed by atoms with Crippen LogP contribution in [0.25, 0.3) is 0 Å². The molecule has 0 bridgehead atoms. The molecule has 1 heterocycles. The molecule has 100 valence electrons. The highest BCUT2D eigenvalue weighted by Gasteiger charge is 2.20. The molecule has 4 heteroatoms. The van der Waals surface area contributed by atoms with E-state index in [-0.39, 0.29) is 5.41 Å². The molecule has 1 aromatic carbocycles. The van der Waals surface area contributed by atoms with Gasteiger partial charge in [0.1, 0.15) is 0 Å². The number of benzene rings is 1. The van der Waals surface area contributed by atoms with Crippen LogP contribution in [0.4, 0.5) is 0 Å². The van der Waals surface area contributed by atoms with Gasteiger partial charge in [-0.1, -0.05) is 36.7 Å². The molecule has 0 amide bonds. The summed E-state index contributed by atoms with van der Waals surface area (Å²) in [6.07, 6.45) is 0. The van der Waals surface area contributed by atoms with Gasteiger partial charge in [0.05, 0.1) is 0 Å². The topological polar surface area (TPSA) is 30.5 Å². The molecule has 1 aliphatic heterocycles. The van der Waals surface area contributed by atoms with Crippen molar-refractivity contribution in [2.45, 2.75) is 40.3 Å². The molecule has 2 rings (SSSR count). The third kappa shape index (κ3) is 2.98. The highest BCUT2D eigenvalue weighted by Crippen LogP contribution is 2.37. The molecule has 0 saturated carbocycles. The Kier molecular flexibility index (Phi) is 3.87. The molecule has 1 N–H and O–H groups in total. The molecular formula is C14H20BrNO2. The van der Waals surface area contributed by atoms with Gasteiger partial charge in [-0.05, 0) is 30.0 Å². The van der Waals surface area contributed by atoms with Crippen molar-refractivity contribution in [3.63, 3.8) is 0 Å². The number of fused-ring (bicyclic) bond motifs is 1. The molecule has 0 aliphatic carbocycles. The number of hydrogen-bond acceptors (Lipinski definition) is 3. The van der Waals surface area contributed by atoms with Crippen molar-refractivity contribution in [2.75, 3.05) is 6.79 Å². The Balaban J connectivity index is 2.06. The zero-order chi connectivity index (χ0) is 13.3. The van der Waals surface area contributed by atoms with E-state index < -0.39 is 0 Å². The number of nitrogens with one attached hydrogen (secondary N) is 1. The molecule has 0 aromatic heterocycles. The van der Waals surface area contributed by atoms with E-state index in [0.29, 0.717) is 12.8 Å². The van der Waals surface area contributed by atoms with Crippen molar-refractivity contribution in [3.05, 3.63) is 22.2 Å². The first-order valence-corrected chi connectivity index (χ1v) is 6.98. The van der Waals surface area contributed by atoms with Crippen LogP contribution < -0.4 is 14.8 Å². The predicted octanol–water partition coefficient (Wildman–Crippen LogP) is 3.70. The van der Waals surface area contributed by atoms with Crippen LogP contribution in [0, 0.1) is 5.41 Å². The van der Waals surface area contributed by atoms with Gasteiger partial charge in [0, 0.05) is 17.1 Å². The smallest absolute Gasteiger partial charge is 0.231 e. The molecule has 0 radical (unpaired) electrons. The van der Waals surface area contributed by atoms with Crippen LogP contribution in [0.3, 0.4) is 0 Å². The summed E-state index contributed by atoms with van der Waals surface area (Å²) in [6, 6.07) is 4.45. The number of halogens is 1. The highest BCUT2D eigenvalue weighted by atomic mass is 79.9. The minimum Gasteiger partial charge on any atom is -0.454 e. The zero-order valence-electron chi connectivity index (χ0n) is 11.3. The van der Waals surface area contributed by atoms with E-state index in [1.54, 1.807) is 0 Å². The van der Waals surface area contributed by atoms with Crippen molar-refractivity contribution >= 4 is 15.9 Å². The zero-order valence-corrected chi connectivity index (χ0v) is 12.9. The second-order valence-corrected chi connectivity index (χ2v) is 6.62. The molecule has 0 spiro atoms. The lowest BCUT2D eigenvalue weighted by Gasteiger charge is -2.28. The molecule has 1 unspecified atom stereocenters. The Morgan fingerprint density at radius 1 is 1.28 bits per heavy atom. The Morgan fingerprint density at radius 2 is 1.89 bits per heavy atom. The maximum atomic E-state index is 5.40. The molecule has 3 nitrogen and oxygen atoms in total. The summed E-state index contributed by atoms with van der Waals surface area (Å²) in [5, 5.41) is 3.54. The second-order valence-electron chi connectivity index (χ2n) is 5.77. The van der Waals surface area contributed by atoms with Crippen LogP contribution in [0.1, 0.15) is 33.3 Å². The Morgan fingerprint density at radius 3 is 2.50 bits per heavy atom. The quantitative estimate of drug-likeness (QED) is 0.923. The van der Waals surface area contributed by atoms with Crippen LogP contribution in [0.2, 0.25) is 0 Å².